The molecule has 0 aromatic rings. The number of allylic oxidation sites excluding steroid dienone is 2. The number of rotatable bonds is 3. The molecule has 0 radical (unpaired) electrons. The van der Waals surface area contributed by atoms with Gasteiger partial charge in [0.15, 0.2) is 0 Å². The summed E-state index contributed by atoms with van der Waals surface area (Å²) in [5.41, 5.74) is 0. The summed E-state index contributed by atoms with van der Waals surface area (Å²) in [6.07, 6.45) is 9.63. The summed E-state index contributed by atoms with van der Waals surface area (Å²) in [5.74, 6) is 1.07. The van der Waals surface area contributed by atoms with Gasteiger partial charge in [-0.3, -0.25) is 0 Å². The maximum absolute atomic E-state index is 4.14. The first-order valence-electron chi connectivity index (χ1n) is 5.98. The number of nitrogens with one attached hydrogen (secondary N) is 1. The number of nitrogens with zero attached hydrogens (tertiary/aromatic N) is 2. The van der Waals surface area contributed by atoms with Crippen molar-refractivity contribution in [2.75, 3.05) is 33.2 Å². The average molecular weight is 219 g/mol. The molecule has 88 valence electrons. The maximum Gasteiger partial charge on any atom is 0.0944 e. The lowest BCUT2D eigenvalue weighted by Crippen LogP contribution is -2.47. The standard InChI is InChI=1S/C13H21N3/c1-12(14-13-6-4-3-5-7-13)16-10-8-15(2)9-11-16/h3-6,13-14H,1,7-11H2,2H3. The van der Waals surface area contributed by atoms with Crippen molar-refractivity contribution in [1.29, 1.82) is 0 Å². The number of piperazine rings is 1. The summed E-state index contributed by atoms with van der Waals surface area (Å²) < 4.78 is 0. The van der Waals surface area contributed by atoms with Gasteiger partial charge in [0.05, 0.1) is 5.82 Å². The predicted octanol–water partition coefficient (Wildman–Crippen LogP) is 1.18. The Balaban J connectivity index is 1.79. The first kappa shape index (κ1) is 11.3. The van der Waals surface area contributed by atoms with E-state index in [4.69, 9.17) is 0 Å². The Bertz CT molecular complexity index is 298. The Kier molecular flexibility index (Phi) is 3.67. The van der Waals surface area contributed by atoms with Gasteiger partial charge in [-0.25, -0.2) is 0 Å². The maximum atomic E-state index is 4.14. The van der Waals surface area contributed by atoms with Crippen molar-refractivity contribution in [3.8, 4) is 0 Å². The molecule has 0 aromatic heterocycles. The fraction of sp³-hybridized carbons (Fsp3) is 0.538. The van der Waals surface area contributed by atoms with Gasteiger partial charge in [-0.05, 0) is 13.5 Å². The second-order valence-electron chi connectivity index (χ2n) is 4.54. The molecule has 2 rings (SSSR count). The topological polar surface area (TPSA) is 18.5 Å². The van der Waals surface area contributed by atoms with Crippen LogP contribution in [-0.2, 0) is 0 Å². The molecular formula is C13H21N3. The van der Waals surface area contributed by atoms with Crippen LogP contribution in [0.2, 0.25) is 0 Å². The van der Waals surface area contributed by atoms with Crippen molar-refractivity contribution >= 4 is 0 Å². The van der Waals surface area contributed by atoms with Crippen molar-refractivity contribution in [2.45, 2.75) is 12.5 Å². The van der Waals surface area contributed by atoms with Crippen LogP contribution in [-0.4, -0.2) is 49.1 Å². The van der Waals surface area contributed by atoms with Crippen LogP contribution in [0.1, 0.15) is 6.42 Å². The minimum absolute atomic E-state index is 0.414. The third-order valence-corrected chi connectivity index (χ3v) is 3.22. The molecule has 1 saturated heterocycles. The van der Waals surface area contributed by atoms with E-state index in [0.717, 1.165) is 38.4 Å². The zero-order chi connectivity index (χ0) is 11.4. The third kappa shape index (κ3) is 2.89. The van der Waals surface area contributed by atoms with E-state index >= 15 is 0 Å². The van der Waals surface area contributed by atoms with Gasteiger partial charge in [-0.1, -0.05) is 30.9 Å². The smallest absolute Gasteiger partial charge is 0.0944 e. The van der Waals surface area contributed by atoms with Gasteiger partial charge in [0.2, 0.25) is 0 Å². The Morgan fingerprint density at radius 2 is 2.00 bits per heavy atom. The molecule has 0 saturated carbocycles. The summed E-state index contributed by atoms with van der Waals surface area (Å²) in [7, 11) is 2.17. The SMILES string of the molecule is C=C(NC1C=CC=CC1)N1CCN(C)CC1. The number of hydrogen-bond acceptors (Lipinski definition) is 3. The van der Waals surface area contributed by atoms with E-state index in [0.29, 0.717) is 6.04 Å². The van der Waals surface area contributed by atoms with E-state index in [1.165, 1.54) is 0 Å². The molecule has 3 nitrogen and oxygen atoms in total. The van der Waals surface area contributed by atoms with Crippen LogP contribution < -0.4 is 5.32 Å². The van der Waals surface area contributed by atoms with Gasteiger partial charge in [-0.2, -0.15) is 0 Å². The zero-order valence-electron chi connectivity index (χ0n) is 10.0. The summed E-state index contributed by atoms with van der Waals surface area (Å²) >= 11 is 0. The van der Waals surface area contributed by atoms with Crippen molar-refractivity contribution in [3.05, 3.63) is 36.7 Å². The molecule has 1 aliphatic heterocycles. The normalized spacial score (nSPS) is 25.8. The van der Waals surface area contributed by atoms with Crippen molar-refractivity contribution in [2.24, 2.45) is 0 Å². The molecule has 16 heavy (non-hydrogen) atoms. The van der Waals surface area contributed by atoms with Gasteiger partial charge in [0, 0.05) is 32.2 Å². The highest BCUT2D eigenvalue weighted by molar-refractivity contribution is 5.15. The van der Waals surface area contributed by atoms with Crippen LogP contribution in [0, 0.1) is 0 Å². The van der Waals surface area contributed by atoms with Crippen LogP contribution in [0.5, 0.6) is 0 Å². The lowest BCUT2D eigenvalue weighted by molar-refractivity contribution is 0.177. The highest BCUT2D eigenvalue weighted by Crippen LogP contribution is 2.09. The van der Waals surface area contributed by atoms with Crippen LogP contribution in [0.3, 0.4) is 0 Å². The third-order valence-electron chi connectivity index (χ3n) is 3.22. The molecule has 0 aromatic carbocycles. The van der Waals surface area contributed by atoms with Gasteiger partial charge >= 0.3 is 0 Å². The molecule has 1 unspecified atom stereocenters. The lowest BCUT2D eigenvalue weighted by Gasteiger charge is -2.36. The van der Waals surface area contributed by atoms with Crippen molar-refractivity contribution in [1.82, 2.24) is 15.1 Å². The summed E-state index contributed by atoms with van der Waals surface area (Å²) in [4.78, 5) is 4.69. The molecule has 0 spiro atoms. The Labute approximate surface area is 98.1 Å². The van der Waals surface area contributed by atoms with Crippen molar-refractivity contribution < 1.29 is 0 Å². The predicted molar refractivity (Wildman–Crippen MR) is 68.0 cm³/mol. The molecule has 1 atom stereocenters. The molecule has 1 N–H and O–H groups in total. The minimum atomic E-state index is 0.414. The molecule has 1 heterocycles. The van der Waals surface area contributed by atoms with Gasteiger partial charge < -0.3 is 15.1 Å². The molecule has 0 amide bonds. The van der Waals surface area contributed by atoms with Crippen LogP contribution in [0.15, 0.2) is 36.7 Å². The molecule has 1 aliphatic carbocycles. The number of likely N-dealkylation sites (N-methyl/N-ethyl adjacent to an activating group) is 1. The second-order valence-corrected chi connectivity index (χ2v) is 4.54. The van der Waals surface area contributed by atoms with E-state index in [1.807, 2.05) is 0 Å². The Hall–Kier alpha value is -1.22. The quantitative estimate of drug-likeness (QED) is 0.769. The zero-order valence-corrected chi connectivity index (χ0v) is 10.0. The first-order chi connectivity index (χ1) is 7.75. The van der Waals surface area contributed by atoms with E-state index in [9.17, 15) is 0 Å². The largest absolute Gasteiger partial charge is 0.366 e. The lowest BCUT2D eigenvalue weighted by atomic mass is 10.1. The molecule has 3 heteroatoms. The van der Waals surface area contributed by atoms with Crippen LogP contribution in [0.4, 0.5) is 0 Å². The second kappa shape index (κ2) is 5.21. The van der Waals surface area contributed by atoms with E-state index in [1.54, 1.807) is 0 Å². The van der Waals surface area contributed by atoms with Gasteiger partial charge in [0.1, 0.15) is 0 Å². The van der Waals surface area contributed by atoms with E-state index < -0.39 is 0 Å². The molecule has 2 aliphatic rings. The minimum Gasteiger partial charge on any atom is -0.366 e. The van der Waals surface area contributed by atoms with Gasteiger partial charge in [0.25, 0.3) is 0 Å². The van der Waals surface area contributed by atoms with Gasteiger partial charge in [-0.15, -0.1) is 0 Å². The molecule has 1 fully saturated rings. The highest BCUT2D eigenvalue weighted by Gasteiger charge is 2.16. The number of hydrogen-bond donors (Lipinski definition) is 1. The van der Waals surface area contributed by atoms with Crippen LogP contribution in [0.25, 0.3) is 0 Å². The average Bonchev–Trinajstić information content (AvgIpc) is 2.31. The Morgan fingerprint density at radius 3 is 2.62 bits per heavy atom. The van der Waals surface area contributed by atoms with E-state index in [2.05, 4.69) is 53.0 Å². The fourth-order valence-electron chi connectivity index (χ4n) is 2.07. The summed E-state index contributed by atoms with van der Waals surface area (Å²) in [5, 5.41) is 3.48. The van der Waals surface area contributed by atoms with Crippen LogP contribution >= 0.6 is 0 Å². The Morgan fingerprint density at radius 1 is 1.25 bits per heavy atom. The fourth-order valence-corrected chi connectivity index (χ4v) is 2.07. The molecule has 0 bridgehead atoms. The summed E-state index contributed by atoms with van der Waals surface area (Å²) in [6.45, 7) is 8.54. The first-order valence-corrected chi connectivity index (χ1v) is 5.98. The summed E-state index contributed by atoms with van der Waals surface area (Å²) in [6, 6.07) is 0.414. The van der Waals surface area contributed by atoms with Crippen molar-refractivity contribution in [3.63, 3.8) is 0 Å². The highest BCUT2D eigenvalue weighted by atomic mass is 15.3. The monoisotopic (exact) mass is 219 g/mol. The molecular weight excluding hydrogens is 198 g/mol. The van der Waals surface area contributed by atoms with E-state index in [-0.39, 0.29) is 0 Å².